The number of fused-ring (bicyclic) bond motifs is 5. The van der Waals surface area contributed by atoms with E-state index >= 15 is 0 Å². The number of piperidine rings is 1. The molecular formula is C21H31NO4. The van der Waals surface area contributed by atoms with Crippen LogP contribution in [0.2, 0.25) is 0 Å². The van der Waals surface area contributed by atoms with Gasteiger partial charge in [-0.3, -0.25) is 14.4 Å². The molecule has 4 aliphatic rings. The number of esters is 1. The predicted octanol–water partition coefficient (Wildman–Crippen LogP) is 2.87. The zero-order chi connectivity index (χ0) is 18.7. The van der Waals surface area contributed by atoms with E-state index in [9.17, 15) is 14.4 Å². The van der Waals surface area contributed by atoms with Gasteiger partial charge in [0.15, 0.2) is 0 Å². The average Bonchev–Trinajstić information content (AvgIpc) is 2.90. The fourth-order valence-electron chi connectivity index (χ4n) is 6.97. The van der Waals surface area contributed by atoms with Gasteiger partial charge in [0.25, 0.3) is 0 Å². The molecule has 0 aromatic carbocycles. The first-order valence-corrected chi connectivity index (χ1v) is 10.3. The largest absolute Gasteiger partial charge is 0.466 e. The van der Waals surface area contributed by atoms with Crippen LogP contribution in [0.4, 0.5) is 0 Å². The molecule has 0 bridgehead atoms. The Labute approximate surface area is 155 Å². The summed E-state index contributed by atoms with van der Waals surface area (Å²) >= 11 is 0. The fourth-order valence-corrected chi connectivity index (χ4v) is 6.97. The predicted molar refractivity (Wildman–Crippen MR) is 96.1 cm³/mol. The van der Waals surface area contributed by atoms with Gasteiger partial charge in [-0.2, -0.15) is 0 Å². The number of carbonyl (C=O) groups is 3. The van der Waals surface area contributed by atoms with Gasteiger partial charge in [-0.25, -0.2) is 0 Å². The highest BCUT2D eigenvalue weighted by atomic mass is 16.5. The molecule has 1 aliphatic heterocycles. The van der Waals surface area contributed by atoms with E-state index in [0.29, 0.717) is 37.6 Å². The second-order valence-electron chi connectivity index (χ2n) is 9.43. The molecule has 0 radical (unpaired) electrons. The molecule has 4 fully saturated rings. The Morgan fingerprint density at radius 3 is 2.65 bits per heavy atom. The Hall–Kier alpha value is -1.39. The molecule has 0 aromatic heterocycles. The topological polar surface area (TPSA) is 72.5 Å². The zero-order valence-corrected chi connectivity index (χ0v) is 16.2. The molecule has 1 heterocycles. The van der Waals surface area contributed by atoms with Crippen LogP contribution in [0.15, 0.2) is 0 Å². The Balaban J connectivity index is 1.74. The van der Waals surface area contributed by atoms with Crippen LogP contribution in [-0.4, -0.2) is 30.3 Å². The highest BCUT2D eigenvalue weighted by Gasteiger charge is 2.64. The first kappa shape index (κ1) is 18.0. The van der Waals surface area contributed by atoms with E-state index in [-0.39, 0.29) is 46.5 Å². The molecule has 0 spiro atoms. The number of hydrogen-bond acceptors (Lipinski definition) is 4. The molecule has 1 N–H and O–H groups in total. The summed E-state index contributed by atoms with van der Waals surface area (Å²) in [7, 11) is 0. The van der Waals surface area contributed by atoms with Gasteiger partial charge >= 0.3 is 5.97 Å². The smallest absolute Gasteiger partial charge is 0.309 e. The van der Waals surface area contributed by atoms with Crippen LogP contribution < -0.4 is 5.32 Å². The Bertz CT molecular complexity index is 646. The molecule has 5 heteroatoms. The first-order valence-electron chi connectivity index (χ1n) is 10.3. The zero-order valence-electron chi connectivity index (χ0n) is 16.2. The monoisotopic (exact) mass is 361 g/mol. The lowest BCUT2D eigenvalue weighted by atomic mass is 9.45. The number of rotatable bonds is 2. The van der Waals surface area contributed by atoms with E-state index in [2.05, 4.69) is 19.2 Å². The summed E-state index contributed by atoms with van der Waals surface area (Å²) in [4.78, 5) is 37.5. The van der Waals surface area contributed by atoms with E-state index in [0.717, 1.165) is 25.7 Å². The molecule has 7 atom stereocenters. The lowest BCUT2D eigenvalue weighted by molar-refractivity contribution is -0.172. The second-order valence-corrected chi connectivity index (χ2v) is 9.43. The maximum atomic E-state index is 12.9. The van der Waals surface area contributed by atoms with Crippen molar-refractivity contribution in [3.05, 3.63) is 0 Å². The van der Waals surface area contributed by atoms with Crippen molar-refractivity contribution in [1.29, 1.82) is 0 Å². The van der Waals surface area contributed by atoms with Gasteiger partial charge in [-0.1, -0.05) is 13.8 Å². The molecular weight excluding hydrogens is 330 g/mol. The van der Waals surface area contributed by atoms with Gasteiger partial charge in [0.1, 0.15) is 5.78 Å². The van der Waals surface area contributed by atoms with Crippen LogP contribution in [-0.2, 0) is 19.1 Å². The Kier molecular flexibility index (Phi) is 4.20. The summed E-state index contributed by atoms with van der Waals surface area (Å²) in [6, 6.07) is 0.0425. The van der Waals surface area contributed by atoms with Crippen LogP contribution in [0, 0.1) is 34.5 Å². The maximum absolute atomic E-state index is 12.9. The molecule has 4 rings (SSSR count). The number of nitrogens with one attached hydrogen (secondary N) is 1. The number of hydrogen-bond donors (Lipinski definition) is 1. The highest BCUT2D eigenvalue weighted by molar-refractivity contribution is 5.87. The molecule has 5 nitrogen and oxygen atoms in total. The molecule has 26 heavy (non-hydrogen) atoms. The van der Waals surface area contributed by atoms with Crippen molar-refractivity contribution >= 4 is 17.7 Å². The van der Waals surface area contributed by atoms with E-state index in [1.165, 1.54) is 0 Å². The van der Waals surface area contributed by atoms with Crippen molar-refractivity contribution in [2.24, 2.45) is 34.5 Å². The number of ether oxygens (including phenoxy) is 1. The normalized spacial score (nSPS) is 47.4. The number of ketones is 1. The molecule has 3 aliphatic carbocycles. The lowest BCUT2D eigenvalue weighted by Gasteiger charge is -2.61. The standard InChI is InChI=1S/C21H31NO4/c1-4-26-19(25)12-11-15-20(2,10-8-17(24)22-15)14-7-9-21(3)13(18(12)14)5-6-16(21)23/h12-15,18H,4-11H2,1-3H3,(H,22,24)/t12-,13?,14?,15+,18?,20+,21-/m0/s1. The van der Waals surface area contributed by atoms with Crippen molar-refractivity contribution in [3.63, 3.8) is 0 Å². The molecule has 3 saturated carbocycles. The molecule has 144 valence electrons. The molecule has 0 aromatic rings. The third kappa shape index (κ3) is 2.38. The Morgan fingerprint density at radius 1 is 1.15 bits per heavy atom. The van der Waals surface area contributed by atoms with Crippen LogP contribution >= 0.6 is 0 Å². The van der Waals surface area contributed by atoms with Crippen LogP contribution in [0.3, 0.4) is 0 Å². The Morgan fingerprint density at radius 2 is 1.92 bits per heavy atom. The number of carbonyl (C=O) groups excluding carboxylic acids is 3. The third-order valence-electron chi connectivity index (χ3n) is 8.45. The van der Waals surface area contributed by atoms with E-state index in [1.807, 2.05) is 6.92 Å². The summed E-state index contributed by atoms with van der Waals surface area (Å²) in [6.45, 7) is 6.65. The quantitative estimate of drug-likeness (QED) is 0.768. The minimum atomic E-state index is -0.271. The SMILES string of the molecule is CCOC(=O)[C@H]1C[C@H]2NC(=O)CC[C@]2(C)C2CC[C@]3(C)C(=O)CCC3C21. The van der Waals surface area contributed by atoms with Gasteiger partial charge in [0.05, 0.1) is 12.5 Å². The van der Waals surface area contributed by atoms with Crippen molar-refractivity contribution in [3.8, 4) is 0 Å². The average molecular weight is 361 g/mol. The first-order chi connectivity index (χ1) is 12.3. The van der Waals surface area contributed by atoms with Gasteiger partial charge in [-0.15, -0.1) is 0 Å². The fraction of sp³-hybridized carbons (Fsp3) is 0.857. The van der Waals surface area contributed by atoms with Gasteiger partial charge in [0.2, 0.25) is 5.91 Å². The summed E-state index contributed by atoms with van der Waals surface area (Å²) in [5.41, 5.74) is -0.248. The van der Waals surface area contributed by atoms with Gasteiger partial charge < -0.3 is 10.1 Å². The summed E-state index contributed by atoms with van der Waals surface area (Å²) in [5.74, 6) is 1.01. The minimum absolute atomic E-state index is 0.0224. The number of amides is 1. The van der Waals surface area contributed by atoms with E-state index in [1.54, 1.807) is 0 Å². The van der Waals surface area contributed by atoms with Crippen molar-refractivity contribution in [2.45, 2.75) is 71.8 Å². The van der Waals surface area contributed by atoms with Crippen LogP contribution in [0.25, 0.3) is 0 Å². The number of Topliss-reactive ketones (excluding diaryl/α,β-unsaturated/α-hetero) is 1. The van der Waals surface area contributed by atoms with E-state index < -0.39 is 0 Å². The highest BCUT2D eigenvalue weighted by Crippen LogP contribution is 2.64. The van der Waals surface area contributed by atoms with Crippen molar-refractivity contribution in [1.82, 2.24) is 5.32 Å². The summed E-state index contributed by atoms with van der Waals surface area (Å²) < 4.78 is 5.44. The van der Waals surface area contributed by atoms with Gasteiger partial charge in [0, 0.05) is 24.3 Å². The van der Waals surface area contributed by atoms with E-state index in [4.69, 9.17) is 4.74 Å². The minimum Gasteiger partial charge on any atom is -0.466 e. The lowest BCUT2D eigenvalue weighted by Crippen LogP contribution is -2.64. The van der Waals surface area contributed by atoms with Crippen molar-refractivity contribution < 1.29 is 19.1 Å². The molecule has 1 saturated heterocycles. The summed E-state index contributed by atoms with van der Waals surface area (Å²) in [5, 5.41) is 3.18. The molecule has 3 unspecified atom stereocenters. The van der Waals surface area contributed by atoms with Crippen LogP contribution in [0.1, 0.15) is 65.7 Å². The van der Waals surface area contributed by atoms with Crippen molar-refractivity contribution in [2.75, 3.05) is 6.61 Å². The second kappa shape index (κ2) is 6.07. The van der Waals surface area contributed by atoms with Gasteiger partial charge in [-0.05, 0) is 62.2 Å². The maximum Gasteiger partial charge on any atom is 0.309 e. The van der Waals surface area contributed by atoms with Crippen LogP contribution in [0.5, 0.6) is 0 Å². The summed E-state index contributed by atoms with van der Waals surface area (Å²) in [6.07, 6.45) is 5.56. The molecule has 1 amide bonds. The third-order valence-corrected chi connectivity index (χ3v) is 8.45.